The van der Waals surface area contributed by atoms with Gasteiger partial charge in [0.2, 0.25) is 0 Å². The first-order chi connectivity index (χ1) is 8.25. The van der Waals surface area contributed by atoms with Gasteiger partial charge in [-0.05, 0) is 18.2 Å². The molecule has 1 saturated heterocycles. The Morgan fingerprint density at radius 2 is 2.29 bits per heavy atom. The lowest BCUT2D eigenvalue weighted by Gasteiger charge is -2.23. The Bertz CT molecular complexity index is 370. The standard InChI is InChI=1S/C12H15ClFNO2/c13-10-1-2-12(14)9(5-10)6-15-7-11-8-16-3-4-17-11/h1-2,5,11,15H,3-4,6-8H2. The molecule has 0 aliphatic carbocycles. The van der Waals surface area contributed by atoms with Crippen LogP contribution in [0.2, 0.25) is 5.02 Å². The Hall–Kier alpha value is -0.680. The second-order valence-electron chi connectivity index (χ2n) is 3.93. The van der Waals surface area contributed by atoms with Crippen molar-refractivity contribution in [1.82, 2.24) is 5.32 Å². The highest BCUT2D eigenvalue weighted by Gasteiger charge is 2.13. The molecule has 1 aliphatic rings. The Morgan fingerprint density at radius 3 is 3.06 bits per heavy atom. The highest BCUT2D eigenvalue weighted by Crippen LogP contribution is 2.14. The highest BCUT2D eigenvalue weighted by atomic mass is 35.5. The van der Waals surface area contributed by atoms with Crippen molar-refractivity contribution in [1.29, 1.82) is 0 Å². The van der Waals surface area contributed by atoms with Crippen LogP contribution in [-0.4, -0.2) is 32.5 Å². The predicted molar refractivity (Wildman–Crippen MR) is 63.7 cm³/mol. The molecule has 1 N–H and O–H groups in total. The maximum absolute atomic E-state index is 13.4. The SMILES string of the molecule is Fc1ccc(Cl)cc1CNCC1COCCO1. The molecule has 1 aromatic rings. The molecule has 0 aromatic heterocycles. The van der Waals surface area contributed by atoms with E-state index in [1.54, 1.807) is 12.1 Å². The van der Waals surface area contributed by atoms with Crippen molar-refractivity contribution in [2.24, 2.45) is 0 Å². The maximum atomic E-state index is 13.4. The van der Waals surface area contributed by atoms with E-state index in [4.69, 9.17) is 21.1 Å². The zero-order valence-electron chi connectivity index (χ0n) is 9.42. The monoisotopic (exact) mass is 259 g/mol. The molecule has 1 heterocycles. The van der Waals surface area contributed by atoms with Crippen LogP contribution in [0.25, 0.3) is 0 Å². The molecule has 1 aliphatic heterocycles. The third-order valence-corrected chi connectivity index (χ3v) is 2.82. The maximum Gasteiger partial charge on any atom is 0.127 e. The van der Waals surface area contributed by atoms with Crippen LogP contribution in [0.15, 0.2) is 18.2 Å². The summed E-state index contributed by atoms with van der Waals surface area (Å²) in [7, 11) is 0. The van der Waals surface area contributed by atoms with Crippen LogP contribution in [0.3, 0.4) is 0 Å². The van der Waals surface area contributed by atoms with Gasteiger partial charge in [-0.15, -0.1) is 0 Å². The lowest BCUT2D eigenvalue weighted by atomic mass is 10.2. The number of hydrogen-bond acceptors (Lipinski definition) is 3. The minimum Gasteiger partial charge on any atom is -0.376 e. The van der Waals surface area contributed by atoms with E-state index in [2.05, 4.69) is 5.32 Å². The fourth-order valence-electron chi connectivity index (χ4n) is 1.70. The fraction of sp³-hybridized carbons (Fsp3) is 0.500. The van der Waals surface area contributed by atoms with Gasteiger partial charge in [-0.25, -0.2) is 4.39 Å². The molecule has 0 radical (unpaired) electrons. The van der Waals surface area contributed by atoms with E-state index in [1.807, 2.05) is 0 Å². The average Bonchev–Trinajstić information content (AvgIpc) is 2.35. The first-order valence-electron chi connectivity index (χ1n) is 5.59. The molecule has 2 rings (SSSR count). The third-order valence-electron chi connectivity index (χ3n) is 2.58. The molecule has 3 nitrogen and oxygen atoms in total. The summed E-state index contributed by atoms with van der Waals surface area (Å²) in [5.41, 5.74) is 0.564. The van der Waals surface area contributed by atoms with Gasteiger partial charge in [-0.1, -0.05) is 11.6 Å². The van der Waals surface area contributed by atoms with Gasteiger partial charge in [0.25, 0.3) is 0 Å². The number of ether oxygens (including phenoxy) is 2. The lowest BCUT2D eigenvalue weighted by Crippen LogP contribution is -2.37. The van der Waals surface area contributed by atoms with Crippen molar-refractivity contribution in [2.75, 3.05) is 26.4 Å². The molecule has 1 aromatic carbocycles. The Morgan fingerprint density at radius 1 is 1.41 bits per heavy atom. The van der Waals surface area contributed by atoms with E-state index in [0.717, 1.165) is 0 Å². The summed E-state index contributed by atoms with van der Waals surface area (Å²) in [6.07, 6.45) is 0.0472. The van der Waals surface area contributed by atoms with Gasteiger partial charge in [0, 0.05) is 23.7 Å². The molecular formula is C12H15ClFNO2. The minimum atomic E-state index is -0.247. The van der Waals surface area contributed by atoms with Crippen molar-refractivity contribution >= 4 is 11.6 Å². The van der Waals surface area contributed by atoms with Crippen LogP contribution in [0.5, 0.6) is 0 Å². The largest absolute Gasteiger partial charge is 0.376 e. The van der Waals surface area contributed by atoms with Gasteiger partial charge in [-0.2, -0.15) is 0 Å². The lowest BCUT2D eigenvalue weighted by molar-refractivity contribution is -0.0864. The number of hydrogen-bond donors (Lipinski definition) is 1. The highest BCUT2D eigenvalue weighted by molar-refractivity contribution is 6.30. The van der Waals surface area contributed by atoms with E-state index >= 15 is 0 Å². The van der Waals surface area contributed by atoms with Crippen LogP contribution in [-0.2, 0) is 16.0 Å². The normalized spacial score (nSPS) is 20.5. The van der Waals surface area contributed by atoms with Crippen LogP contribution in [0, 0.1) is 5.82 Å². The molecule has 0 amide bonds. The van der Waals surface area contributed by atoms with E-state index in [-0.39, 0.29) is 11.9 Å². The first kappa shape index (κ1) is 12.8. The quantitative estimate of drug-likeness (QED) is 0.897. The van der Waals surface area contributed by atoms with Gasteiger partial charge in [0.1, 0.15) is 5.82 Å². The molecule has 0 spiro atoms. The average molecular weight is 260 g/mol. The zero-order valence-corrected chi connectivity index (χ0v) is 10.2. The zero-order chi connectivity index (χ0) is 12.1. The number of halogens is 2. The van der Waals surface area contributed by atoms with E-state index in [9.17, 15) is 4.39 Å². The summed E-state index contributed by atoms with van der Waals surface area (Å²) >= 11 is 5.81. The van der Waals surface area contributed by atoms with Crippen LogP contribution in [0.1, 0.15) is 5.56 Å². The van der Waals surface area contributed by atoms with Crippen molar-refractivity contribution in [3.63, 3.8) is 0 Å². The summed E-state index contributed by atoms with van der Waals surface area (Å²) in [5, 5.41) is 3.68. The molecular weight excluding hydrogens is 245 g/mol. The summed E-state index contributed by atoms with van der Waals surface area (Å²) in [6.45, 7) is 2.94. The summed E-state index contributed by atoms with van der Waals surface area (Å²) < 4.78 is 24.1. The van der Waals surface area contributed by atoms with E-state index in [1.165, 1.54) is 6.07 Å². The van der Waals surface area contributed by atoms with Crippen LogP contribution < -0.4 is 5.32 Å². The molecule has 5 heteroatoms. The minimum absolute atomic E-state index is 0.0472. The summed E-state index contributed by atoms with van der Waals surface area (Å²) in [6, 6.07) is 4.54. The summed E-state index contributed by atoms with van der Waals surface area (Å²) in [5.74, 6) is -0.247. The van der Waals surface area contributed by atoms with Gasteiger partial charge in [0.15, 0.2) is 0 Å². The van der Waals surface area contributed by atoms with Gasteiger partial charge in [0.05, 0.1) is 25.9 Å². The van der Waals surface area contributed by atoms with E-state index in [0.29, 0.717) is 43.5 Å². The van der Waals surface area contributed by atoms with Crippen molar-refractivity contribution in [3.05, 3.63) is 34.6 Å². The first-order valence-corrected chi connectivity index (χ1v) is 5.97. The molecule has 17 heavy (non-hydrogen) atoms. The second-order valence-corrected chi connectivity index (χ2v) is 4.37. The molecule has 0 saturated carbocycles. The van der Waals surface area contributed by atoms with E-state index < -0.39 is 0 Å². The summed E-state index contributed by atoms with van der Waals surface area (Å²) in [4.78, 5) is 0. The Kier molecular flexibility index (Phi) is 4.74. The van der Waals surface area contributed by atoms with Gasteiger partial charge >= 0.3 is 0 Å². The number of nitrogens with one attached hydrogen (secondary N) is 1. The topological polar surface area (TPSA) is 30.5 Å². The van der Waals surface area contributed by atoms with Crippen molar-refractivity contribution < 1.29 is 13.9 Å². The molecule has 1 unspecified atom stereocenters. The molecule has 1 fully saturated rings. The molecule has 1 atom stereocenters. The smallest absolute Gasteiger partial charge is 0.127 e. The van der Waals surface area contributed by atoms with Crippen LogP contribution >= 0.6 is 11.6 Å². The number of benzene rings is 1. The van der Waals surface area contributed by atoms with Gasteiger partial charge in [-0.3, -0.25) is 0 Å². The third kappa shape index (κ3) is 3.92. The predicted octanol–water partition coefficient (Wildman–Crippen LogP) is 1.98. The van der Waals surface area contributed by atoms with Crippen molar-refractivity contribution in [2.45, 2.75) is 12.6 Å². The van der Waals surface area contributed by atoms with Crippen molar-refractivity contribution in [3.8, 4) is 0 Å². The molecule has 0 bridgehead atoms. The second kappa shape index (κ2) is 6.31. The molecule has 94 valence electrons. The Balaban J connectivity index is 1.79. The van der Waals surface area contributed by atoms with Crippen LogP contribution in [0.4, 0.5) is 4.39 Å². The van der Waals surface area contributed by atoms with Gasteiger partial charge < -0.3 is 14.8 Å². The fourth-order valence-corrected chi connectivity index (χ4v) is 1.90. The number of rotatable bonds is 4. The Labute approximate surface area is 105 Å².